The van der Waals surface area contributed by atoms with E-state index in [1.807, 2.05) is 14.0 Å². The Kier molecular flexibility index (Phi) is 40.5. The molecule has 0 aliphatic carbocycles. The molecule has 0 unspecified atom stereocenters. The second-order valence-electron chi connectivity index (χ2n) is 9.90. The predicted octanol–water partition coefficient (Wildman–Crippen LogP) is 13.4. The molecular formula is C39H69N. The molecule has 0 radical (unpaired) electrons. The van der Waals surface area contributed by atoms with E-state index in [9.17, 15) is 0 Å². The van der Waals surface area contributed by atoms with Crippen molar-refractivity contribution < 1.29 is 0 Å². The minimum atomic E-state index is 1.12. The molecule has 0 aromatic heterocycles. The highest BCUT2D eigenvalue weighted by molar-refractivity contribution is 5.43. The SMILES string of the molecule is C=C(C)CCCC.C=C(CC)CC.C=CC.CCCC.CCCc1ccccc1C.CCc1ccc(NC)cc1. The zero-order chi connectivity index (χ0) is 31.6. The number of anilines is 1. The topological polar surface area (TPSA) is 12.0 Å². The summed E-state index contributed by atoms with van der Waals surface area (Å²) >= 11 is 0. The highest BCUT2D eigenvalue weighted by atomic mass is 14.8. The highest BCUT2D eigenvalue weighted by Gasteiger charge is 1.92. The van der Waals surface area contributed by atoms with Gasteiger partial charge < -0.3 is 5.32 Å². The van der Waals surface area contributed by atoms with Crippen LogP contribution in [0.2, 0.25) is 0 Å². The molecule has 2 aromatic rings. The average Bonchev–Trinajstić information content (AvgIpc) is 2.98. The van der Waals surface area contributed by atoms with Crippen LogP contribution in [-0.4, -0.2) is 7.05 Å². The van der Waals surface area contributed by atoms with Crippen LogP contribution < -0.4 is 5.32 Å². The van der Waals surface area contributed by atoms with Crippen LogP contribution >= 0.6 is 0 Å². The van der Waals surface area contributed by atoms with Crippen LogP contribution in [0.25, 0.3) is 0 Å². The van der Waals surface area contributed by atoms with E-state index in [4.69, 9.17) is 0 Å². The molecule has 230 valence electrons. The van der Waals surface area contributed by atoms with Crippen LogP contribution in [0.1, 0.15) is 130 Å². The van der Waals surface area contributed by atoms with Crippen molar-refractivity contribution in [3.63, 3.8) is 0 Å². The summed E-state index contributed by atoms with van der Waals surface area (Å²) in [6.45, 7) is 32.3. The van der Waals surface area contributed by atoms with Gasteiger partial charge in [0.2, 0.25) is 0 Å². The summed E-state index contributed by atoms with van der Waals surface area (Å²) in [6, 6.07) is 17.1. The number of benzene rings is 2. The zero-order valence-electron chi connectivity index (χ0n) is 28.9. The molecule has 1 nitrogen and oxygen atoms in total. The molecule has 40 heavy (non-hydrogen) atoms. The van der Waals surface area contributed by atoms with Gasteiger partial charge in [0, 0.05) is 12.7 Å². The highest BCUT2D eigenvalue weighted by Crippen LogP contribution is 2.09. The Morgan fingerprint density at radius 2 is 1.27 bits per heavy atom. The van der Waals surface area contributed by atoms with E-state index in [-0.39, 0.29) is 0 Å². The van der Waals surface area contributed by atoms with E-state index < -0.39 is 0 Å². The molecule has 0 saturated heterocycles. The number of rotatable bonds is 10. The molecular weight excluding hydrogens is 482 g/mol. The van der Waals surface area contributed by atoms with Crippen molar-refractivity contribution in [1.29, 1.82) is 0 Å². The van der Waals surface area contributed by atoms with Crippen molar-refractivity contribution in [2.45, 2.75) is 133 Å². The smallest absolute Gasteiger partial charge is 0.0337 e. The molecule has 1 N–H and O–H groups in total. The monoisotopic (exact) mass is 552 g/mol. The molecule has 0 amide bonds. The molecule has 0 bridgehead atoms. The van der Waals surface area contributed by atoms with Gasteiger partial charge in [-0.1, -0.05) is 134 Å². The first-order valence-electron chi connectivity index (χ1n) is 15.8. The molecule has 1 heteroatoms. The van der Waals surface area contributed by atoms with E-state index >= 15 is 0 Å². The second kappa shape index (κ2) is 36.5. The maximum absolute atomic E-state index is 3.79. The van der Waals surface area contributed by atoms with Gasteiger partial charge in [0.1, 0.15) is 0 Å². The van der Waals surface area contributed by atoms with E-state index in [1.165, 1.54) is 78.5 Å². The maximum Gasteiger partial charge on any atom is 0.0337 e. The predicted molar refractivity (Wildman–Crippen MR) is 191 cm³/mol. The molecule has 0 atom stereocenters. The Balaban J connectivity index is -0.000000204. The fraction of sp³-hybridized carbons (Fsp3) is 0.538. The third-order valence-electron chi connectivity index (χ3n) is 5.89. The lowest BCUT2D eigenvalue weighted by Crippen LogP contribution is -1.87. The minimum absolute atomic E-state index is 1.12. The number of hydrogen-bond donors (Lipinski definition) is 1. The van der Waals surface area contributed by atoms with Crippen LogP contribution in [0.5, 0.6) is 0 Å². The summed E-state index contributed by atoms with van der Waals surface area (Å²) in [7, 11) is 1.93. The van der Waals surface area contributed by atoms with Crippen molar-refractivity contribution >= 4 is 5.69 Å². The van der Waals surface area contributed by atoms with Crippen LogP contribution in [0.15, 0.2) is 85.5 Å². The summed E-state index contributed by atoms with van der Waals surface area (Å²) in [5.74, 6) is 0. The van der Waals surface area contributed by atoms with Gasteiger partial charge in [-0.2, -0.15) is 0 Å². The van der Waals surface area contributed by atoms with Crippen LogP contribution in [-0.2, 0) is 12.8 Å². The first-order chi connectivity index (χ1) is 19.1. The molecule has 0 aliphatic heterocycles. The van der Waals surface area contributed by atoms with Crippen molar-refractivity contribution in [3.05, 3.63) is 102 Å². The van der Waals surface area contributed by atoms with Crippen LogP contribution in [0.4, 0.5) is 5.69 Å². The van der Waals surface area contributed by atoms with Gasteiger partial charge in [-0.3, -0.25) is 0 Å². The fourth-order valence-electron chi connectivity index (χ4n) is 2.80. The third kappa shape index (κ3) is 35.5. The molecule has 2 aromatic carbocycles. The second-order valence-corrected chi connectivity index (χ2v) is 9.90. The lowest BCUT2D eigenvalue weighted by atomic mass is 10.1. The lowest BCUT2D eigenvalue weighted by Gasteiger charge is -2.01. The summed E-state index contributed by atoms with van der Waals surface area (Å²) in [6.07, 6.45) is 14.0. The average molecular weight is 552 g/mol. The lowest BCUT2D eigenvalue weighted by molar-refractivity contribution is 0.789. The quantitative estimate of drug-likeness (QED) is 0.289. The Morgan fingerprint density at radius 3 is 1.55 bits per heavy atom. The normalized spacial score (nSPS) is 8.68. The van der Waals surface area contributed by atoms with E-state index in [0.717, 1.165) is 19.3 Å². The number of hydrogen-bond acceptors (Lipinski definition) is 1. The summed E-state index contributed by atoms with van der Waals surface area (Å²) in [5.41, 5.74) is 8.13. The van der Waals surface area contributed by atoms with Gasteiger partial charge in [0.05, 0.1) is 0 Å². The largest absolute Gasteiger partial charge is 0.388 e. The Morgan fingerprint density at radius 1 is 0.775 bits per heavy atom. The van der Waals surface area contributed by atoms with Gasteiger partial charge in [0.25, 0.3) is 0 Å². The zero-order valence-corrected chi connectivity index (χ0v) is 28.9. The number of aryl methyl sites for hydroxylation is 3. The first-order valence-corrected chi connectivity index (χ1v) is 15.8. The van der Waals surface area contributed by atoms with Crippen molar-refractivity contribution in [2.24, 2.45) is 0 Å². The molecule has 0 heterocycles. The number of nitrogens with one attached hydrogen (secondary N) is 1. The van der Waals surface area contributed by atoms with Gasteiger partial charge in [-0.25, -0.2) is 0 Å². The van der Waals surface area contributed by atoms with Gasteiger partial charge in [-0.15, -0.1) is 13.2 Å². The molecule has 0 aliphatic rings. The molecule has 0 fully saturated rings. The maximum atomic E-state index is 3.79. The Hall–Kier alpha value is -2.54. The minimum Gasteiger partial charge on any atom is -0.388 e. The number of unbranched alkanes of at least 4 members (excludes halogenated alkanes) is 2. The van der Waals surface area contributed by atoms with Crippen molar-refractivity contribution in [3.8, 4) is 0 Å². The Labute approximate surface area is 253 Å². The van der Waals surface area contributed by atoms with Crippen molar-refractivity contribution in [2.75, 3.05) is 12.4 Å². The Bertz CT molecular complexity index is 767. The third-order valence-corrected chi connectivity index (χ3v) is 5.89. The van der Waals surface area contributed by atoms with Gasteiger partial charge in [0.15, 0.2) is 0 Å². The molecule has 2 rings (SSSR count). The van der Waals surface area contributed by atoms with Gasteiger partial charge >= 0.3 is 0 Å². The first kappa shape index (κ1) is 44.5. The summed E-state index contributed by atoms with van der Waals surface area (Å²) < 4.78 is 0. The number of allylic oxidation sites excluding steroid dienone is 3. The van der Waals surface area contributed by atoms with Gasteiger partial charge in [-0.05, 0) is 88.1 Å². The summed E-state index contributed by atoms with van der Waals surface area (Å²) in [5, 5.41) is 3.08. The van der Waals surface area contributed by atoms with Crippen LogP contribution in [0.3, 0.4) is 0 Å². The summed E-state index contributed by atoms with van der Waals surface area (Å²) in [4.78, 5) is 0. The molecule has 0 spiro atoms. The molecule has 0 saturated carbocycles. The fourth-order valence-corrected chi connectivity index (χ4v) is 2.80. The standard InChI is InChI=1S/C10H14.C9H13N.C7H14.C6H12.C4H10.C3H6/c1-3-6-10-8-5-4-7-9(10)2;1-3-8-4-6-9(10-2)7-5-8;1-4-5-6-7(2)3;1-4-6(3)5-2;1-3-4-2;1-3-2/h4-5,7-8H,3,6H2,1-2H3;4-7,10H,3H2,1-2H3;2,4-6H2,1,3H3;3-5H2,1-2H3;3-4H2,1-2H3;3H,1H2,2H3. The van der Waals surface area contributed by atoms with E-state index in [1.54, 1.807) is 6.08 Å². The van der Waals surface area contributed by atoms with E-state index in [2.05, 4.69) is 136 Å². The van der Waals surface area contributed by atoms with Crippen molar-refractivity contribution in [1.82, 2.24) is 0 Å². The van der Waals surface area contributed by atoms with E-state index in [0.29, 0.717) is 0 Å². The van der Waals surface area contributed by atoms with Crippen LogP contribution in [0, 0.1) is 6.92 Å².